The van der Waals surface area contributed by atoms with Crippen LogP contribution in [0.15, 0.2) is 24.3 Å². The van der Waals surface area contributed by atoms with Crippen LogP contribution in [0.1, 0.15) is 30.7 Å². The van der Waals surface area contributed by atoms with Crippen molar-refractivity contribution < 1.29 is 14.7 Å². The molecule has 2 N–H and O–H groups in total. The van der Waals surface area contributed by atoms with Crippen LogP contribution < -0.4 is 10.2 Å². The van der Waals surface area contributed by atoms with Crippen LogP contribution in [0.4, 0.5) is 5.69 Å². The van der Waals surface area contributed by atoms with Crippen LogP contribution in [-0.4, -0.2) is 36.1 Å². The number of hydrogen-bond donors (Lipinski definition) is 2. The molecule has 1 heterocycles. The van der Waals surface area contributed by atoms with E-state index in [0.717, 1.165) is 24.1 Å². The van der Waals surface area contributed by atoms with E-state index in [4.69, 9.17) is 0 Å². The Morgan fingerprint density at radius 3 is 2.75 bits per heavy atom. The van der Waals surface area contributed by atoms with Crippen molar-refractivity contribution in [3.8, 4) is 0 Å². The first-order valence-electron chi connectivity index (χ1n) is 7.01. The first kappa shape index (κ1) is 13.0. The molecule has 1 aliphatic carbocycles. The van der Waals surface area contributed by atoms with Crippen LogP contribution in [0, 0.1) is 0 Å². The SMILES string of the molecule is O=C(CCN1CC(C(=O)O)c2ccccc21)NC1CC1. The predicted molar refractivity (Wildman–Crippen MR) is 74.8 cm³/mol. The van der Waals surface area contributed by atoms with Gasteiger partial charge in [-0.3, -0.25) is 9.59 Å². The molecule has 1 aliphatic heterocycles. The number of para-hydroxylation sites is 1. The Hall–Kier alpha value is -2.04. The van der Waals surface area contributed by atoms with Gasteiger partial charge in [-0.05, 0) is 24.5 Å². The van der Waals surface area contributed by atoms with E-state index >= 15 is 0 Å². The van der Waals surface area contributed by atoms with Gasteiger partial charge in [-0.2, -0.15) is 0 Å². The number of carbonyl (C=O) groups excluding carboxylic acids is 1. The highest BCUT2D eigenvalue weighted by atomic mass is 16.4. The fraction of sp³-hybridized carbons (Fsp3) is 0.467. The highest BCUT2D eigenvalue weighted by molar-refractivity contribution is 5.83. The van der Waals surface area contributed by atoms with Gasteiger partial charge >= 0.3 is 5.97 Å². The number of aliphatic carboxylic acids is 1. The highest BCUT2D eigenvalue weighted by Crippen LogP contribution is 2.36. The van der Waals surface area contributed by atoms with Crippen molar-refractivity contribution in [2.45, 2.75) is 31.2 Å². The first-order chi connectivity index (χ1) is 9.65. The molecule has 20 heavy (non-hydrogen) atoms. The van der Waals surface area contributed by atoms with Crippen LogP contribution >= 0.6 is 0 Å². The number of rotatable bonds is 5. The molecule has 1 saturated carbocycles. The number of carboxylic acids is 1. The molecule has 1 aromatic carbocycles. The summed E-state index contributed by atoms with van der Waals surface area (Å²) >= 11 is 0. The molecule has 0 radical (unpaired) electrons. The molecule has 106 valence electrons. The van der Waals surface area contributed by atoms with E-state index < -0.39 is 11.9 Å². The van der Waals surface area contributed by atoms with E-state index in [9.17, 15) is 14.7 Å². The van der Waals surface area contributed by atoms with Crippen molar-refractivity contribution in [1.29, 1.82) is 0 Å². The molecule has 1 amide bonds. The van der Waals surface area contributed by atoms with Crippen LogP contribution in [0.25, 0.3) is 0 Å². The third-order valence-electron chi connectivity index (χ3n) is 3.91. The number of carboxylic acid groups (broad SMARTS) is 1. The topological polar surface area (TPSA) is 69.6 Å². The average Bonchev–Trinajstić information content (AvgIpc) is 3.15. The first-order valence-corrected chi connectivity index (χ1v) is 7.01. The normalized spacial score (nSPS) is 20.6. The van der Waals surface area contributed by atoms with E-state index in [0.29, 0.717) is 25.6 Å². The third kappa shape index (κ3) is 2.61. The minimum atomic E-state index is -0.803. The van der Waals surface area contributed by atoms with Gasteiger partial charge in [-0.25, -0.2) is 0 Å². The van der Waals surface area contributed by atoms with Gasteiger partial charge in [0.1, 0.15) is 5.92 Å². The highest BCUT2D eigenvalue weighted by Gasteiger charge is 2.33. The zero-order valence-corrected chi connectivity index (χ0v) is 11.2. The fourth-order valence-electron chi connectivity index (χ4n) is 2.67. The van der Waals surface area contributed by atoms with Gasteiger partial charge < -0.3 is 15.3 Å². The van der Waals surface area contributed by atoms with Gasteiger partial charge in [0.2, 0.25) is 5.91 Å². The maximum Gasteiger partial charge on any atom is 0.312 e. The minimum absolute atomic E-state index is 0.0590. The number of carbonyl (C=O) groups is 2. The molecule has 1 aromatic rings. The molecule has 3 rings (SSSR count). The summed E-state index contributed by atoms with van der Waals surface area (Å²) in [6, 6.07) is 7.92. The lowest BCUT2D eigenvalue weighted by atomic mass is 10.0. The standard InChI is InChI=1S/C15H18N2O3/c18-14(16-10-5-6-10)7-8-17-9-12(15(19)20)11-3-1-2-4-13(11)17/h1-4,10,12H,5-9H2,(H,16,18)(H,19,20). The lowest BCUT2D eigenvalue weighted by Gasteiger charge is -2.19. The van der Waals surface area contributed by atoms with Crippen LogP contribution in [0.5, 0.6) is 0 Å². The zero-order valence-electron chi connectivity index (χ0n) is 11.2. The third-order valence-corrected chi connectivity index (χ3v) is 3.91. The lowest BCUT2D eigenvalue weighted by molar-refractivity contribution is -0.138. The Morgan fingerprint density at radius 1 is 1.30 bits per heavy atom. The summed E-state index contributed by atoms with van der Waals surface area (Å²) in [7, 11) is 0. The number of amides is 1. The minimum Gasteiger partial charge on any atom is -0.481 e. The summed E-state index contributed by atoms with van der Waals surface area (Å²) < 4.78 is 0. The number of nitrogens with zero attached hydrogens (tertiary/aromatic N) is 1. The van der Waals surface area contributed by atoms with Gasteiger partial charge in [0.05, 0.1) is 0 Å². The molecule has 0 bridgehead atoms. The van der Waals surface area contributed by atoms with Crippen LogP contribution in [-0.2, 0) is 9.59 Å². The molecule has 0 aromatic heterocycles. The van der Waals surface area contributed by atoms with Gasteiger partial charge in [-0.1, -0.05) is 18.2 Å². The van der Waals surface area contributed by atoms with Gasteiger partial charge in [0.25, 0.3) is 0 Å². The maximum atomic E-state index is 11.7. The number of benzene rings is 1. The fourth-order valence-corrected chi connectivity index (χ4v) is 2.67. The van der Waals surface area contributed by atoms with Crippen LogP contribution in [0.2, 0.25) is 0 Å². The summed E-state index contributed by atoms with van der Waals surface area (Å²) in [5.41, 5.74) is 1.79. The Labute approximate surface area is 117 Å². The molecular weight excluding hydrogens is 256 g/mol. The smallest absolute Gasteiger partial charge is 0.312 e. The average molecular weight is 274 g/mol. The molecule has 2 aliphatic rings. The van der Waals surface area contributed by atoms with Gasteiger partial charge in [-0.15, -0.1) is 0 Å². The summed E-state index contributed by atoms with van der Waals surface area (Å²) in [4.78, 5) is 25.0. The molecule has 1 unspecified atom stereocenters. The van der Waals surface area contributed by atoms with E-state index in [2.05, 4.69) is 5.32 Å². The quantitative estimate of drug-likeness (QED) is 0.850. The molecule has 0 spiro atoms. The molecular formula is C15H18N2O3. The predicted octanol–water partition coefficient (Wildman–Crippen LogP) is 1.34. The molecule has 1 fully saturated rings. The number of nitrogens with one attached hydrogen (secondary N) is 1. The van der Waals surface area contributed by atoms with E-state index in [1.807, 2.05) is 29.2 Å². The van der Waals surface area contributed by atoms with E-state index in [1.165, 1.54) is 0 Å². The van der Waals surface area contributed by atoms with Crippen molar-refractivity contribution in [3.63, 3.8) is 0 Å². The van der Waals surface area contributed by atoms with Crippen molar-refractivity contribution in [1.82, 2.24) is 5.32 Å². The van der Waals surface area contributed by atoms with Gasteiger partial charge in [0.15, 0.2) is 0 Å². The second-order valence-corrected chi connectivity index (χ2v) is 5.49. The Bertz CT molecular complexity index is 540. The molecule has 1 atom stereocenters. The van der Waals surface area contributed by atoms with Gasteiger partial charge in [0, 0.05) is 31.2 Å². The summed E-state index contributed by atoms with van der Waals surface area (Å²) in [6.07, 6.45) is 2.58. The lowest BCUT2D eigenvalue weighted by Crippen LogP contribution is -2.32. The number of hydrogen-bond acceptors (Lipinski definition) is 3. The zero-order chi connectivity index (χ0) is 14.1. The van der Waals surface area contributed by atoms with E-state index in [-0.39, 0.29) is 5.91 Å². The van der Waals surface area contributed by atoms with Crippen molar-refractivity contribution in [3.05, 3.63) is 29.8 Å². The summed E-state index contributed by atoms with van der Waals surface area (Å²) in [5, 5.41) is 12.2. The largest absolute Gasteiger partial charge is 0.481 e. The Balaban J connectivity index is 1.65. The second kappa shape index (κ2) is 5.15. The van der Waals surface area contributed by atoms with Crippen LogP contribution in [0.3, 0.4) is 0 Å². The maximum absolute atomic E-state index is 11.7. The van der Waals surface area contributed by atoms with Crippen molar-refractivity contribution >= 4 is 17.6 Å². The number of anilines is 1. The molecule has 5 heteroatoms. The monoisotopic (exact) mass is 274 g/mol. The van der Waals surface area contributed by atoms with E-state index in [1.54, 1.807) is 0 Å². The summed E-state index contributed by atoms with van der Waals surface area (Å²) in [6.45, 7) is 1.02. The van der Waals surface area contributed by atoms with Crippen molar-refractivity contribution in [2.24, 2.45) is 0 Å². The van der Waals surface area contributed by atoms with Crippen molar-refractivity contribution in [2.75, 3.05) is 18.0 Å². The second-order valence-electron chi connectivity index (χ2n) is 5.49. The molecule has 5 nitrogen and oxygen atoms in total. The number of fused-ring (bicyclic) bond motifs is 1. The Morgan fingerprint density at radius 2 is 2.05 bits per heavy atom. The summed E-state index contributed by atoms with van der Waals surface area (Å²) in [5.74, 6) is -1.23. The molecule has 0 saturated heterocycles. The Kier molecular flexibility index (Phi) is 3.34.